The summed E-state index contributed by atoms with van der Waals surface area (Å²) < 4.78 is 47.1. The van der Waals surface area contributed by atoms with Crippen LogP contribution in [0.1, 0.15) is 29.8 Å². The zero-order chi connectivity index (χ0) is 14.3. The standard InChI is InChI=1S/C12H11BF3O3/c1-12(2)18-9-5-3-4-8(6-7-13(14,15)16)10(9)11(17)19-12/h3-7H,1-2H3/q-1/b7-6+. The first-order valence-electron chi connectivity index (χ1n) is 5.62. The highest BCUT2D eigenvalue weighted by Gasteiger charge is 2.35. The lowest BCUT2D eigenvalue weighted by atomic mass is 9.89. The lowest BCUT2D eigenvalue weighted by Crippen LogP contribution is -2.39. The van der Waals surface area contributed by atoms with Crippen LogP contribution in [0.25, 0.3) is 6.08 Å². The van der Waals surface area contributed by atoms with E-state index in [9.17, 15) is 17.7 Å². The summed E-state index contributed by atoms with van der Waals surface area (Å²) in [6.07, 6.45) is 0.849. The Morgan fingerprint density at radius 3 is 2.53 bits per heavy atom. The molecular formula is C12H11BF3O3-. The molecule has 0 amide bonds. The van der Waals surface area contributed by atoms with Gasteiger partial charge in [0.15, 0.2) is 0 Å². The van der Waals surface area contributed by atoms with Gasteiger partial charge < -0.3 is 22.4 Å². The molecule has 0 unspecified atom stereocenters. The molecular weight excluding hydrogens is 260 g/mol. The normalized spacial score (nSPS) is 17.8. The maximum Gasteiger partial charge on any atom is 0.502 e. The van der Waals surface area contributed by atoms with Gasteiger partial charge in [0.1, 0.15) is 11.3 Å². The summed E-state index contributed by atoms with van der Waals surface area (Å²) in [5, 5.41) is 0. The van der Waals surface area contributed by atoms with Gasteiger partial charge in [-0.1, -0.05) is 18.2 Å². The fourth-order valence-corrected chi connectivity index (χ4v) is 1.76. The van der Waals surface area contributed by atoms with Gasteiger partial charge in [0.05, 0.1) is 0 Å². The summed E-state index contributed by atoms with van der Waals surface area (Å²) in [6.45, 7) is -1.96. The Kier molecular flexibility index (Phi) is 3.08. The predicted octanol–water partition coefficient (Wildman–Crippen LogP) is 3.37. The minimum Gasteiger partial charge on any atom is -0.452 e. The second-order valence-corrected chi connectivity index (χ2v) is 4.60. The highest BCUT2D eigenvalue weighted by molar-refractivity contribution is 6.64. The predicted molar refractivity (Wildman–Crippen MR) is 64.7 cm³/mol. The van der Waals surface area contributed by atoms with E-state index in [-0.39, 0.29) is 22.9 Å². The van der Waals surface area contributed by atoms with E-state index in [4.69, 9.17) is 9.47 Å². The summed E-state index contributed by atoms with van der Waals surface area (Å²) >= 11 is 0. The molecule has 1 aliphatic rings. The van der Waals surface area contributed by atoms with Crippen molar-refractivity contribution in [3.63, 3.8) is 0 Å². The molecule has 0 spiro atoms. The van der Waals surface area contributed by atoms with Crippen molar-refractivity contribution >= 4 is 19.0 Å². The average Bonchev–Trinajstić information content (AvgIpc) is 2.22. The number of cyclic esters (lactones) is 1. The summed E-state index contributed by atoms with van der Waals surface area (Å²) in [4.78, 5) is 11.8. The number of hydrogen-bond donors (Lipinski definition) is 0. The molecule has 1 heterocycles. The Labute approximate surface area is 108 Å². The molecule has 0 radical (unpaired) electrons. The first kappa shape index (κ1) is 13.5. The molecule has 0 atom stereocenters. The molecule has 0 saturated carbocycles. The van der Waals surface area contributed by atoms with Crippen LogP contribution in [0.5, 0.6) is 5.75 Å². The minimum absolute atomic E-state index is 0.0122. The van der Waals surface area contributed by atoms with Gasteiger partial charge in [-0.3, -0.25) is 0 Å². The Bertz CT molecular complexity index is 550. The van der Waals surface area contributed by atoms with Gasteiger partial charge >= 0.3 is 12.9 Å². The van der Waals surface area contributed by atoms with Crippen LogP contribution >= 0.6 is 0 Å². The van der Waals surface area contributed by atoms with Crippen LogP contribution in [0, 0.1) is 0 Å². The number of ether oxygens (including phenoxy) is 2. The van der Waals surface area contributed by atoms with E-state index in [1.165, 1.54) is 18.2 Å². The highest BCUT2D eigenvalue weighted by Crippen LogP contribution is 2.34. The zero-order valence-corrected chi connectivity index (χ0v) is 10.3. The third-order valence-electron chi connectivity index (χ3n) is 2.45. The number of carbonyl (C=O) groups excluding carboxylic acids is 1. The van der Waals surface area contributed by atoms with E-state index in [2.05, 4.69) is 0 Å². The largest absolute Gasteiger partial charge is 0.502 e. The smallest absolute Gasteiger partial charge is 0.452 e. The molecule has 0 aliphatic carbocycles. The Morgan fingerprint density at radius 2 is 1.89 bits per heavy atom. The van der Waals surface area contributed by atoms with Gasteiger partial charge in [-0.25, -0.2) is 4.79 Å². The maximum atomic E-state index is 12.2. The van der Waals surface area contributed by atoms with Crippen molar-refractivity contribution in [3.05, 3.63) is 35.3 Å². The van der Waals surface area contributed by atoms with Crippen molar-refractivity contribution in [3.8, 4) is 5.75 Å². The van der Waals surface area contributed by atoms with Crippen LogP contribution in [0.4, 0.5) is 12.9 Å². The molecule has 0 fully saturated rings. The third kappa shape index (κ3) is 3.10. The number of rotatable bonds is 2. The fraction of sp³-hybridized carbons (Fsp3) is 0.250. The first-order valence-corrected chi connectivity index (χ1v) is 5.62. The third-order valence-corrected chi connectivity index (χ3v) is 2.45. The van der Waals surface area contributed by atoms with E-state index < -0.39 is 18.7 Å². The molecule has 102 valence electrons. The highest BCUT2D eigenvalue weighted by atomic mass is 19.4. The molecule has 19 heavy (non-hydrogen) atoms. The van der Waals surface area contributed by atoms with Crippen molar-refractivity contribution in [2.75, 3.05) is 0 Å². The number of hydrogen-bond acceptors (Lipinski definition) is 3. The van der Waals surface area contributed by atoms with Gasteiger partial charge in [-0.2, -0.15) is 0 Å². The summed E-state index contributed by atoms with van der Waals surface area (Å²) in [5.41, 5.74) is 0.135. The second-order valence-electron chi connectivity index (χ2n) is 4.60. The Hall–Kier alpha value is -1.92. The molecule has 3 nitrogen and oxygen atoms in total. The number of carbonyl (C=O) groups is 1. The quantitative estimate of drug-likeness (QED) is 0.611. The van der Waals surface area contributed by atoms with Crippen molar-refractivity contribution in [2.45, 2.75) is 19.6 Å². The molecule has 0 aromatic heterocycles. The summed E-state index contributed by atoms with van der Waals surface area (Å²) in [5.74, 6) is -1.47. The van der Waals surface area contributed by atoms with Gasteiger partial charge in [0.25, 0.3) is 0 Å². The molecule has 1 aliphatic heterocycles. The van der Waals surface area contributed by atoms with Gasteiger partial charge in [0.2, 0.25) is 5.79 Å². The molecule has 1 aromatic carbocycles. The van der Waals surface area contributed by atoms with Crippen molar-refractivity contribution in [2.24, 2.45) is 0 Å². The van der Waals surface area contributed by atoms with Gasteiger partial charge in [0, 0.05) is 13.8 Å². The molecule has 7 heteroatoms. The lowest BCUT2D eigenvalue weighted by molar-refractivity contribution is -0.127. The SMILES string of the molecule is CC1(C)OC(=O)c2c(/C=C/[B-](F)(F)F)cccc2O1. The summed E-state index contributed by atoms with van der Waals surface area (Å²) in [7, 11) is 0. The number of benzene rings is 1. The van der Waals surface area contributed by atoms with E-state index in [1.807, 2.05) is 0 Å². The average molecular weight is 271 g/mol. The van der Waals surface area contributed by atoms with E-state index in [0.29, 0.717) is 0 Å². The molecule has 1 aromatic rings. The minimum atomic E-state index is -5.06. The van der Waals surface area contributed by atoms with Crippen LogP contribution in [-0.4, -0.2) is 18.7 Å². The number of fused-ring (bicyclic) bond motifs is 1. The van der Waals surface area contributed by atoms with Crippen LogP contribution in [-0.2, 0) is 4.74 Å². The Balaban J connectivity index is 2.45. The van der Waals surface area contributed by atoms with Crippen molar-refractivity contribution < 1.29 is 27.2 Å². The second kappa shape index (κ2) is 4.33. The molecule has 0 N–H and O–H groups in total. The first-order chi connectivity index (χ1) is 8.68. The fourth-order valence-electron chi connectivity index (χ4n) is 1.76. The van der Waals surface area contributed by atoms with Crippen LogP contribution in [0.15, 0.2) is 24.2 Å². The van der Waals surface area contributed by atoms with Crippen LogP contribution in [0.2, 0.25) is 0 Å². The maximum absolute atomic E-state index is 12.2. The Morgan fingerprint density at radius 1 is 1.21 bits per heavy atom. The topological polar surface area (TPSA) is 35.5 Å². The van der Waals surface area contributed by atoms with E-state index in [0.717, 1.165) is 6.08 Å². The van der Waals surface area contributed by atoms with E-state index in [1.54, 1.807) is 13.8 Å². The number of halogens is 3. The molecule has 2 rings (SSSR count). The lowest BCUT2D eigenvalue weighted by Gasteiger charge is -2.32. The number of esters is 1. The van der Waals surface area contributed by atoms with Crippen molar-refractivity contribution in [1.29, 1.82) is 0 Å². The van der Waals surface area contributed by atoms with Crippen LogP contribution < -0.4 is 4.74 Å². The van der Waals surface area contributed by atoms with Gasteiger partial charge in [-0.05, 0) is 11.6 Å². The zero-order valence-electron chi connectivity index (χ0n) is 10.3. The van der Waals surface area contributed by atoms with Crippen LogP contribution in [0.3, 0.4) is 0 Å². The molecule has 0 bridgehead atoms. The van der Waals surface area contributed by atoms with E-state index >= 15 is 0 Å². The summed E-state index contributed by atoms with van der Waals surface area (Å²) in [6, 6.07) is 4.45. The monoisotopic (exact) mass is 271 g/mol. The van der Waals surface area contributed by atoms with Crippen molar-refractivity contribution in [1.82, 2.24) is 0 Å². The van der Waals surface area contributed by atoms with Gasteiger partial charge in [-0.15, -0.1) is 5.98 Å². The molecule has 0 saturated heterocycles.